The average Bonchev–Trinajstić information content (AvgIpc) is 2.62. The van der Waals surface area contributed by atoms with Gasteiger partial charge in [0.1, 0.15) is 5.82 Å². The number of anilines is 1. The zero-order chi connectivity index (χ0) is 18.8. The molecule has 1 saturated carbocycles. The van der Waals surface area contributed by atoms with E-state index in [1.807, 2.05) is 18.0 Å². The fourth-order valence-electron chi connectivity index (χ4n) is 3.41. The summed E-state index contributed by atoms with van der Waals surface area (Å²) < 4.78 is 19.0. The predicted octanol–water partition coefficient (Wildman–Crippen LogP) is 3.02. The van der Waals surface area contributed by atoms with Crippen LogP contribution in [0.1, 0.15) is 32.1 Å². The van der Waals surface area contributed by atoms with E-state index in [2.05, 4.69) is 15.6 Å². The van der Waals surface area contributed by atoms with Gasteiger partial charge in [0, 0.05) is 47.4 Å². The molecular weight excluding hydrogens is 331 g/mol. The van der Waals surface area contributed by atoms with Gasteiger partial charge in [-0.2, -0.15) is 0 Å². The molecule has 0 atom stereocenters. The van der Waals surface area contributed by atoms with Gasteiger partial charge in [-0.1, -0.05) is 18.6 Å². The Morgan fingerprint density at radius 1 is 1.31 bits per heavy atom. The molecule has 1 aliphatic carbocycles. The van der Waals surface area contributed by atoms with Crippen LogP contribution >= 0.6 is 0 Å². The lowest BCUT2D eigenvalue weighted by atomic mass is 9.67. The van der Waals surface area contributed by atoms with Crippen molar-refractivity contribution >= 4 is 11.6 Å². The van der Waals surface area contributed by atoms with Crippen LogP contribution in [0.3, 0.4) is 0 Å². The second kappa shape index (κ2) is 10.4. The van der Waals surface area contributed by atoms with E-state index in [0.717, 1.165) is 45.0 Å². The standard InChI is InChI=1S/C20H33FN4O/c1-22-19(24-16-20(10-6-11-20)12-15-26-3)23-13-7-14-25(2)18-9-5-4-8-17(18)21/h4-5,8-9H,6-7,10-16H2,1-3H3,(H2,22,23,24). The molecule has 2 N–H and O–H groups in total. The maximum absolute atomic E-state index is 13.8. The van der Waals surface area contributed by atoms with E-state index in [1.54, 1.807) is 26.3 Å². The van der Waals surface area contributed by atoms with Crippen LogP contribution in [0.2, 0.25) is 0 Å². The van der Waals surface area contributed by atoms with E-state index >= 15 is 0 Å². The summed E-state index contributed by atoms with van der Waals surface area (Å²) in [6, 6.07) is 6.88. The number of nitrogens with zero attached hydrogens (tertiary/aromatic N) is 2. The fraction of sp³-hybridized carbons (Fsp3) is 0.650. The molecular formula is C20H33FN4O. The molecule has 0 amide bonds. The van der Waals surface area contributed by atoms with Gasteiger partial charge in [-0.05, 0) is 43.2 Å². The normalized spacial score (nSPS) is 16.1. The minimum atomic E-state index is -0.178. The van der Waals surface area contributed by atoms with Gasteiger partial charge >= 0.3 is 0 Å². The smallest absolute Gasteiger partial charge is 0.190 e. The quantitative estimate of drug-likeness (QED) is 0.381. The Morgan fingerprint density at radius 2 is 2.08 bits per heavy atom. The first-order valence-corrected chi connectivity index (χ1v) is 9.49. The van der Waals surface area contributed by atoms with Crippen LogP contribution in [0.5, 0.6) is 0 Å². The van der Waals surface area contributed by atoms with Crippen molar-refractivity contribution in [2.24, 2.45) is 10.4 Å². The Bertz CT molecular complexity index is 575. The lowest BCUT2D eigenvalue weighted by Gasteiger charge is -2.42. The Morgan fingerprint density at radius 3 is 2.69 bits per heavy atom. The highest BCUT2D eigenvalue weighted by Crippen LogP contribution is 2.43. The maximum atomic E-state index is 13.8. The summed E-state index contributed by atoms with van der Waals surface area (Å²) in [5, 5.41) is 6.81. The SMILES string of the molecule is CN=C(NCCCN(C)c1ccccc1F)NCC1(CCOC)CCC1. The first-order valence-electron chi connectivity index (χ1n) is 9.49. The summed E-state index contributed by atoms with van der Waals surface area (Å²) in [5.74, 6) is 0.657. The molecule has 1 aromatic rings. The summed E-state index contributed by atoms with van der Waals surface area (Å²) in [6.07, 6.45) is 5.82. The second-order valence-electron chi connectivity index (χ2n) is 7.18. The second-order valence-corrected chi connectivity index (χ2v) is 7.18. The van der Waals surface area contributed by atoms with Gasteiger partial charge < -0.3 is 20.3 Å². The van der Waals surface area contributed by atoms with Crippen LogP contribution in [-0.4, -0.2) is 53.4 Å². The van der Waals surface area contributed by atoms with E-state index in [4.69, 9.17) is 4.74 Å². The highest BCUT2D eigenvalue weighted by molar-refractivity contribution is 5.79. The lowest BCUT2D eigenvalue weighted by molar-refractivity contribution is 0.0732. The van der Waals surface area contributed by atoms with Crippen LogP contribution in [0.25, 0.3) is 0 Å². The van der Waals surface area contributed by atoms with E-state index < -0.39 is 0 Å². The van der Waals surface area contributed by atoms with Crippen LogP contribution in [0.4, 0.5) is 10.1 Å². The van der Waals surface area contributed by atoms with Gasteiger partial charge in [-0.3, -0.25) is 4.99 Å². The fourth-order valence-corrected chi connectivity index (χ4v) is 3.41. The molecule has 0 aliphatic heterocycles. The zero-order valence-electron chi connectivity index (χ0n) is 16.4. The Kier molecular flexibility index (Phi) is 8.16. The molecule has 5 nitrogen and oxygen atoms in total. The third-order valence-electron chi connectivity index (χ3n) is 5.33. The molecule has 0 saturated heterocycles. The number of hydrogen-bond donors (Lipinski definition) is 2. The number of halogens is 1. The molecule has 0 aromatic heterocycles. The number of methoxy groups -OCH3 is 1. The Hall–Kier alpha value is -1.82. The van der Waals surface area contributed by atoms with Crippen LogP contribution in [0.15, 0.2) is 29.3 Å². The molecule has 0 radical (unpaired) electrons. The van der Waals surface area contributed by atoms with Gasteiger partial charge in [0.25, 0.3) is 0 Å². The highest BCUT2D eigenvalue weighted by Gasteiger charge is 2.36. The summed E-state index contributed by atoms with van der Waals surface area (Å²) in [6.45, 7) is 3.33. The van der Waals surface area contributed by atoms with E-state index in [0.29, 0.717) is 11.1 Å². The van der Waals surface area contributed by atoms with Crippen molar-refractivity contribution in [1.29, 1.82) is 0 Å². The number of nitrogens with one attached hydrogen (secondary N) is 2. The molecule has 0 heterocycles. The zero-order valence-corrected chi connectivity index (χ0v) is 16.4. The first kappa shape index (κ1) is 20.5. The van der Waals surface area contributed by atoms with Crippen LogP contribution < -0.4 is 15.5 Å². The van der Waals surface area contributed by atoms with Gasteiger partial charge in [-0.15, -0.1) is 0 Å². The minimum absolute atomic E-state index is 0.178. The Labute approximate surface area is 157 Å². The average molecular weight is 365 g/mol. The molecule has 1 fully saturated rings. The molecule has 0 spiro atoms. The largest absolute Gasteiger partial charge is 0.385 e. The highest BCUT2D eigenvalue weighted by atomic mass is 19.1. The molecule has 1 aliphatic rings. The van der Waals surface area contributed by atoms with Crippen molar-refractivity contribution in [2.45, 2.75) is 32.1 Å². The molecule has 0 bridgehead atoms. The van der Waals surface area contributed by atoms with Crippen molar-refractivity contribution in [3.05, 3.63) is 30.1 Å². The summed E-state index contributed by atoms with van der Waals surface area (Å²) in [5.41, 5.74) is 0.999. The first-order chi connectivity index (χ1) is 12.6. The molecule has 0 unspecified atom stereocenters. The molecule has 2 rings (SSSR count). The van der Waals surface area contributed by atoms with E-state index in [-0.39, 0.29) is 5.82 Å². The van der Waals surface area contributed by atoms with Gasteiger partial charge in [-0.25, -0.2) is 4.39 Å². The third-order valence-corrected chi connectivity index (χ3v) is 5.33. The van der Waals surface area contributed by atoms with E-state index in [9.17, 15) is 4.39 Å². The number of guanidine groups is 1. The number of ether oxygens (including phenoxy) is 1. The third kappa shape index (κ3) is 5.87. The Balaban J connectivity index is 1.68. The molecule has 6 heteroatoms. The van der Waals surface area contributed by atoms with E-state index in [1.165, 1.54) is 25.3 Å². The predicted molar refractivity (Wildman–Crippen MR) is 106 cm³/mol. The van der Waals surface area contributed by atoms with Gasteiger partial charge in [0.15, 0.2) is 5.96 Å². The number of hydrogen-bond acceptors (Lipinski definition) is 3. The van der Waals surface area contributed by atoms with Crippen molar-refractivity contribution in [2.75, 3.05) is 52.3 Å². The van der Waals surface area contributed by atoms with Gasteiger partial charge in [0.2, 0.25) is 0 Å². The molecule has 146 valence electrons. The van der Waals surface area contributed by atoms with Gasteiger partial charge in [0.05, 0.1) is 5.69 Å². The van der Waals surface area contributed by atoms with Crippen molar-refractivity contribution in [3.63, 3.8) is 0 Å². The summed E-state index contributed by atoms with van der Waals surface area (Å²) >= 11 is 0. The summed E-state index contributed by atoms with van der Waals surface area (Å²) in [4.78, 5) is 6.25. The summed E-state index contributed by atoms with van der Waals surface area (Å²) in [7, 11) is 5.48. The molecule has 1 aromatic carbocycles. The maximum Gasteiger partial charge on any atom is 0.190 e. The lowest BCUT2D eigenvalue weighted by Crippen LogP contribution is -2.47. The van der Waals surface area contributed by atoms with Crippen LogP contribution in [-0.2, 0) is 4.74 Å². The molecule has 26 heavy (non-hydrogen) atoms. The minimum Gasteiger partial charge on any atom is -0.385 e. The number of rotatable bonds is 10. The monoisotopic (exact) mass is 364 g/mol. The number of benzene rings is 1. The number of para-hydroxylation sites is 1. The topological polar surface area (TPSA) is 48.9 Å². The van der Waals surface area contributed by atoms with Crippen molar-refractivity contribution < 1.29 is 9.13 Å². The van der Waals surface area contributed by atoms with Crippen molar-refractivity contribution in [1.82, 2.24) is 10.6 Å². The van der Waals surface area contributed by atoms with Crippen molar-refractivity contribution in [3.8, 4) is 0 Å². The van der Waals surface area contributed by atoms with Crippen LogP contribution in [0, 0.1) is 11.2 Å². The number of aliphatic imine (C=N–C) groups is 1.